The molecule has 0 radical (unpaired) electrons. The van der Waals surface area contributed by atoms with E-state index in [1.807, 2.05) is 37.3 Å². The van der Waals surface area contributed by atoms with Crippen LogP contribution in [-0.2, 0) is 29.0 Å². The summed E-state index contributed by atoms with van der Waals surface area (Å²) in [4.78, 5) is 45.3. The molecule has 180 valence electrons. The lowest BCUT2D eigenvalue weighted by Crippen LogP contribution is -2.51. The van der Waals surface area contributed by atoms with E-state index in [2.05, 4.69) is 16.9 Å². The molecule has 0 unspecified atom stereocenters. The molecule has 3 rings (SSSR count). The van der Waals surface area contributed by atoms with E-state index < -0.39 is 23.3 Å². The number of aromatic amines is 1. The largest absolute Gasteiger partial charge is 0.469 e. The first-order chi connectivity index (χ1) is 16.2. The molecule has 2 aromatic carbocycles. The van der Waals surface area contributed by atoms with Crippen molar-refractivity contribution in [3.63, 3.8) is 0 Å². The Morgan fingerprint density at radius 1 is 1.15 bits per heavy atom. The molecule has 0 aliphatic heterocycles. The molecule has 1 heterocycles. The Labute approximate surface area is 202 Å². The quantitative estimate of drug-likeness (QED) is 0.496. The number of H-pyrrole nitrogens is 1. The lowest BCUT2D eigenvalue weighted by Gasteiger charge is -2.14. The van der Waals surface area contributed by atoms with Crippen molar-refractivity contribution in [1.29, 1.82) is 0 Å². The zero-order valence-corrected chi connectivity index (χ0v) is 20.6. The van der Waals surface area contributed by atoms with E-state index in [9.17, 15) is 14.4 Å². The Hall–Kier alpha value is -3.39. The summed E-state index contributed by atoms with van der Waals surface area (Å²) in [6.07, 6.45) is 1.81. The first-order valence-corrected chi connectivity index (χ1v) is 11.5. The van der Waals surface area contributed by atoms with Gasteiger partial charge in [0, 0.05) is 11.6 Å². The second-order valence-electron chi connectivity index (χ2n) is 8.28. The summed E-state index contributed by atoms with van der Waals surface area (Å²) in [5.74, 6) is -1.18. The van der Waals surface area contributed by atoms with Crippen molar-refractivity contribution < 1.29 is 9.53 Å². The highest BCUT2D eigenvalue weighted by Crippen LogP contribution is 2.23. The van der Waals surface area contributed by atoms with Crippen molar-refractivity contribution in [2.24, 2.45) is 10.9 Å². The van der Waals surface area contributed by atoms with Gasteiger partial charge < -0.3 is 4.74 Å². The number of methoxy groups -OCH3 is 1. The second-order valence-corrected chi connectivity index (χ2v) is 8.69. The summed E-state index contributed by atoms with van der Waals surface area (Å²) in [6.45, 7) is 5.71. The predicted octanol–water partition coefficient (Wildman–Crippen LogP) is 3.34. The SMILES string of the molecule is CCCc1ccc(/N=c2\[nH]c(=O)n(C[C@H](C)C(=O)OC)c(=O)n2Cc2ccc(C)cc2)cc1Cl. The van der Waals surface area contributed by atoms with Gasteiger partial charge in [0.1, 0.15) is 0 Å². The van der Waals surface area contributed by atoms with Crippen LogP contribution >= 0.6 is 11.6 Å². The highest BCUT2D eigenvalue weighted by Gasteiger charge is 2.18. The number of carbonyl (C=O) groups is 1. The third-order valence-electron chi connectivity index (χ3n) is 5.49. The highest BCUT2D eigenvalue weighted by molar-refractivity contribution is 6.31. The predicted molar refractivity (Wildman–Crippen MR) is 131 cm³/mol. The van der Waals surface area contributed by atoms with Crippen LogP contribution in [0.4, 0.5) is 5.69 Å². The maximum Gasteiger partial charge on any atom is 0.335 e. The van der Waals surface area contributed by atoms with E-state index in [0.717, 1.165) is 34.1 Å². The van der Waals surface area contributed by atoms with Crippen LogP contribution in [0, 0.1) is 12.8 Å². The molecule has 0 saturated carbocycles. The fourth-order valence-electron chi connectivity index (χ4n) is 3.57. The van der Waals surface area contributed by atoms with E-state index >= 15 is 0 Å². The maximum absolute atomic E-state index is 13.4. The van der Waals surface area contributed by atoms with Gasteiger partial charge in [-0.1, -0.05) is 67.8 Å². The van der Waals surface area contributed by atoms with Gasteiger partial charge in [0.2, 0.25) is 5.62 Å². The van der Waals surface area contributed by atoms with Crippen LogP contribution in [0.3, 0.4) is 0 Å². The van der Waals surface area contributed by atoms with E-state index in [1.54, 1.807) is 19.1 Å². The summed E-state index contributed by atoms with van der Waals surface area (Å²) in [7, 11) is 1.27. The summed E-state index contributed by atoms with van der Waals surface area (Å²) < 4.78 is 7.11. The Morgan fingerprint density at radius 3 is 2.47 bits per heavy atom. The van der Waals surface area contributed by atoms with Gasteiger partial charge >= 0.3 is 17.3 Å². The fraction of sp³-hybridized carbons (Fsp3) is 0.360. The number of hydrogen-bond donors (Lipinski definition) is 1. The van der Waals surface area contributed by atoms with Gasteiger partial charge in [-0.3, -0.25) is 14.3 Å². The molecule has 9 heteroatoms. The lowest BCUT2D eigenvalue weighted by molar-refractivity contribution is -0.145. The highest BCUT2D eigenvalue weighted by atomic mass is 35.5. The lowest BCUT2D eigenvalue weighted by atomic mass is 10.1. The van der Waals surface area contributed by atoms with Gasteiger partial charge in [0.25, 0.3) is 0 Å². The molecular formula is C25H29ClN4O4. The summed E-state index contributed by atoms with van der Waals surface area (Å²) in [6, 6.07) is 13.1. The molecule has 1 atom stereocenters. The minimum absolute atomic E-state index is 0.0943. The van der Waals surface area contributed by atoms with E-state index in [1.165, 1.54) is 11.7 Å². The molecule has 0 fully saturated rings. The average Bonchev–Trinajstić information content (AvgIpc) is 2.81. The Balaban J connectivity index is 2.16. The van der Waals surface area contributed by atoms with Gasteiger partial charge in [-0.25, -0.2) is 19.1 Å². The molecule has 1 aromatic heterocycles. The second kappa shape index (κ2) is 11.2. The van der Waals surface area contributed by atoms with E-state index in [4.69, 9.17) is 16.3 Å². The Kier molecular flexibility index (Phi) is 8.28. The summed E-state index contributed by atoms with van der Waals surface area (Å²) in [5, 5.41) is 0.579. The molecule has 0 aliphatic rings. The van der Waals surface area contributed by atoms with E-state index in [0.29, 0.717) is 10.7 Å². The smallest absolute Gasteiger partial charge is 0.335 e. The monoisotopic (exact) mass is 484 g/mol. The summed E-state index contributed by atoms with van der Waals surface area (Å²) >= 11 is 6.40. The van der Waals surface area contributed by atoms with Crippen molar-refractivity contribution in [2.45, 2.75) is 46.7 Å². The first kappa shape index (κ1) is 25.2. The van der Waals surface area contributed by atoms with Crippen LogP contribution in [0.2, 0.25) is 5.02 Å². The zero-order chi connectivity index (χ0) is 24.8. The van der Waals surface area contributed by atoms with Crippen LogP contribution < -0.4 is 17.0 Å². The van der Waals surface area contributed by atoms with Crippen molar-refractivity contribution in [2.75, 3.05) is 7.11 Å². The van der Waals surface area contributed by atoms with Crippen LogP contribution in [0.15, 0.2) is 57.0 Å². The number of halogens is 1. The number of benzene rings is 2. The molecule has 34 heavy (non-hydrogen) atoms. The number of carbonyl (C=O) groups excluding carboxylic acids is 1. The molecule has 1 N–H and O–H groups in total. The molecule has 0 amide bonds. The number of ether oxygens (including phenoxy) is 1. The van der Waals surface area contributed by atoms with Gasteiger partial charge in [-0.05, 0) is 36.6 Å². The van der Waals surface area contributed by atoms with Gasteiger partial charge in [0.15, 0.2) is 0 Å². The first-order valence-electron chi connectivity index (χ1n) is 11.1. The number of rotatable bonds is 8. The molecule has 0 saturated heterocycles. The van der Waals surface area contributed by atoms with Crippen molar-refractivity contribution in [3.05, 3.63) is 90.8 Å². The molecule has 8 nitrogen and oxygen atoms in total. The van der Waals surface area contributed by atoms with Crippen molar-refractivity contribution >= 4 is 23.3 Å². The standard InChI is InChI=1S/C25H29ClN4O4/c1-5-6-19-11-12-20(13-21(19)26)27-23-28-24(32)30(14-17(3)22(31)34-4)25(33)29(23)15-18-9-7-16(2)8-10-18/h7-13,17H,5-6,14-15H2,1-4H3,(H,27,28,32)/t17-/m0/s1. The third-order valence-corrected chi connectivity index (χ3v) is 5.85. The molecule has 0 spiro atoms. The van der Waals surface area contributed by atoms with Crippen LogP contribution in [0.5, 0.6) is 0 Å². The number of esters is 1. The molecular weight excluding hydrogens is 456 g/mol. The number of aromatic nitrogens is 3. The van der Waals surface area contributed by atoms with Gasteiger partial charge in [-0.2, -0.15) is 0 Å². The van der Waals surface area contributed by atoms with Crippen LogP contribution in [0.25, 0.3) is 0 Å². The third kappa shape index (κ3) is 5.94. The zero-order valence-electron chi connectivity index (χ0n) is 19.8. The number of aryl methyl sites for hydroxylation is 2. The average molecular weight is 485 g/mol. The van der Waals surface area contributed by atoms with Gasteiger partial charge in [0.05, 0.1) is 25.3 Å². The Bertz CT molecular complexity index is 1350. The maximum atomic E-state index is 13.4. The minimum atomic E-state index is -0.677. The number of nitrogens with one attached hydrogen (secondary N) is 1. The number of hydrogen-bond acceptors (Lipinski definition) is 5. The van der Waals surface area contributed by atoms with Crippen LogP contribution in [0.1, 0.15) is 37.0 Å². The van der Waals surface area contributed by atoms with Crippen molar-refractivity contribution in [3.8, 4) is 0 Å². The molecule has 0 aliphatic carbocycles. The van der Waals surface area contributed by atoms with Gasteiger partial charge in [-0.15, -0.1) is 0 Å². The Morgan fingerprint density at radius 2 is 1.85 bits per heavy atom. The summed E-state index contributed by atoms with van der Waals surface area (Å²) in [5.41, 5.74) is 2.33. The molecule has 0 bridgehead atoms. The number of nitrogens with zero attached hydrogens (tertiary/aromatic N) is 3. The topological polar surface area (TPSA) is 98.5 Å². The molecule has 3 aromatic rings. The van der Waals surface area contributed by atoms with Crippen LogP contribution in [-0.4, -0.2) is 27.2 Å². The normalized spacial score (nSPS) is 12.6. The van der Waals surface area contributed by atoms with E-state index in [-0.39, 0.29) is 18.7 Å². The van der Waals surface area contributed by atoms with Crippen molar-refractivity contribution in [1.82, 2.24) is 14.1 Å². The fourth-order valence-corrected chi connectivity index (χ4v) is 3.84. The minimum Gasteiger partial charge on any atom is -0.469 e.